The third-order valence-corrected chi connectivity index (χ3v) is 20.7. The van der Waals surface area contributed by atoms with E-state index >= 15 is 0 Å². The van der Waals surface area contributed by atoms with Crippen LogP contribution in [0.15, 0.2) is 0 Å². The number of Topliss-reactive ketones (excluding diaryl/α,β-unsaturated/α-hetero) is 4. The third kappa shape index (κ3) is 19.0. The number of halogens is 1. The number of nitrogens with one attached hydrogen (secondary N) is 2. The number of primary amides is 3. The highest BCUT2D eigenvalue weighted by atomic mass is 35.5. The van der Waals surface area contributed by atoms with Crippen molar-refractivity contribution in [3.05, 3.63) is 0 Å². The van der Waals surface area contributed by atoms with E-state index in [1.807, 2.05) is 6.92 Å². The van der Waals surface area contributed by atoms with Crippen LogP contribution in [0.25, 0.3) is 0 Å². The monoisotopic (exact) mass is 1160 g/mol. The normalized spacial score (nSPS) is 24.3. The summed E-state index contributed by atoms with van der Waals surface area (Å²) in [6.45, 7) is 8.65. The molecule has 0 aliphatic heterocycles. The zero-order chi connectivity index (χ0) is 58.1. The third-order valence-electron chi connectivity index (χ3n) is 20.4. The number of aliphatic hydroxyl groups excluding tert-OH is 2. The summed E-state index contributed by atoms with van der Waals surface area (Å²) in [5.41, 5.74) is 13.9. The van der Waals surface area contributed by atoms with E-state index in [4.69, 9.17) is 28.8 Å². The number of aliphatic hydroxyl groups is 2. The minimum atomic E-state index is -1.29. The highest BCUT2D eigenvalue weighted by molar-refractivity contribution is 6.64. The first-order valence-corrected chi connectivity index (χ1v) is 30.6. The summed E-state index contributed by atoms with van der Waals surface area (Å²) >= 11 is 5.04. The molecule has 9 saturated carbocycles. The molecule has 17 nitrogen and oxygen atoms in total. The fourth-order valence-corrected chi connectivity index (χ4v) is 14.2. The second-order valence-electron chi connectivity index (χ2n) is 27.6. The van der Waals surface area contributed by atoms with Gasteiger partial charge in [-0.05, 0) is 163 Å². The highest BCUT2D eigenvalue weighted by Crippen LogP contribution is 2.51. The number of carbonyl (C=O) groups is 10. The predicted molar refractivity (Wildman–Crippen MR) is 311 cm³/mol. The van der Waals surface area contributed by atoms with Crippen LogP contribution >= 0.6 is 11.6 Å². The second-order valence-corrected chi connectivity index (χ2v) is 28.0. The molecule has 5 amide bonds. The SMILES string of the molecule is C.C.CC1(C[C@H](NC(=O)C2CC2)C(=O)CC2(C(=O)C(N)=O)CCC2)CCCC1.CC1(C[C@H](NC(=O)C2CC2)C(=O)CC2(C(O)C(N)=O)CCC2)CCCC1.C[C@@H](CC1(C)CCCC1)C(=O)CC1(C(O)C(N)=O)CCC1.O=C(Cl)C1CC1. The molecule has 0 radical (unpaired) electrons. The molecule has 460 valence electrons. The van der Waals surface area contributed by atoms with E-state index < -0.39 is 64.0 Å². The van der Waals surface area contributed by atoms with E-state index in [1.165, 1.54) is 25.7 Å². The summed E-state index contributed by atoms with van der Waals surface area (Å²) in [5.74, 6) is -2.81. The van der Waals surface area contributed by atoms with E-state index in [0.717, 1.165) is 128 Å². The van der Waals surface area contributed by atoms with E-state index in [-0.39, 0.29) is 96.6 Å². The predicted octanol–water partition coefficient (Wildman–Crippen LogP) is 8.87. The summed E-state index contributed by atoms with van der Waals surface area (Å²) < 4.78 is 0. The van der Waals surface area contributed by atoms with Gasteiger partial charge < -0.3 is 38.0 Å². The summed E-state index contributed by atoms with van der Waals surface area (Å²) in [6.07, 6.45) is 26.0. The Morgan fingerprint density at radius 2 is 0.790 bits per heavy atom. The quantitative estimate of drug-likeness (QED) is 0.0315. The Morgan fingerprint density at radius 3 is 1.05 bits per heavy atom. The fraction of sp³-hybridized carbons (Fsp3) is 0.841. The van der Waals surface area contributed by atoms with Crippen molar-refractivity contribution in [1.82, 2.24) is 10.6 Å². The van der Waals surface area contributed by atoms with E-state index in [0.29, 0.717) is 50.4 Å². The molecular weight excluding hydrogens is 1050 g/mol. The standard InChI is InChI=1S/C20H32N2O4.C20H30N2O4.C17H29NO3.C4H5ClO.2CH4/c2*1-19(7-2-3-8-19)11-14(22-18(26)13-5-6-13)15(23)12-20(9-4-10-20)16(24)17(21)25;1-12(10-16(2)6-3-4-7-16)13(19)11-17(8-5-9-17)14(20)15(18)21;5-4(6)3-1-2-3;;/h13-14,16,24H,2-12H2,1H3,(H2,21,25)(H,22,26);13-14H,2-12H2,1H3,(H2,21,25)(H,22,26);12,14,20H,3-11H2,1-2H3,(H2,18,21);3H,1-2H2;2*1H4/t14-,16?;14-;12-,14?;;;/m000.../s1. The Hall–Kier alpha value is -4.09. The zero-order valence-corrected chi connectivity index (χ0v) is 48.8. The van der Waals surface area contributed by atoms with Crippen molar-refractivity contribution in [2.75, 3.05) is 0 Å². The van der Waals surface area contributed by atoms with Crippen molar-refractivity contribution in [3.8, 4) is 0 Å². The Bertz CT molecular complexity index is 2240. The summed E-state index contributed by atoms with van der Waals surface area (Å²) in [5, 5.41) is 26.0. The first kappa shape index (κ1) is 69.4. The number of hydrogen-bond donors (Lipinski definition) is 7. The van der Waals surface area contributed by atoms with Gasteiger partial charge in [-0.1, -0.05) is 100 Å². The molecule has 0 aromatic rings. The number of hydrogen-bond acceptors (Lipinski definition) is 12. The number of rotatable bonds is 26. The molecule has 0 bridgehead atoms. The maximum atomic E-state index is 13.1. The minimum Gasteiger partial charge on any atom is -0.383 e. The van der Waals surface area contributed by atoms with Crippen LogP contribution in [0.3, 0.4) is 0 Å². The van der Waals surface area contributed by atoms with Crippen LogP contribution in [0.5, 0.6) is 0 Å². The van der Waals surface area contributed by atoms with Crippen molar-refractivity contribution in [2.45, 2.75) is 279 Å². The molecule has 18 heteroatoms. The Balaban J connectivity index is 0.000000246. The molecular formula is C63H104ClN5O12. The van der Waals surface area contributed by atoms with Crippen molar-refractivity contribution in [1.29, 1.82) is 0 Å². The van der Waals surface area contributed by atoms with Crippen LogP contribution in [-0.4, -0.2) is 92.4 Å². The van der Waals surface area contributed by atoms with Crippen LogP contribution in [0.2, 0.25) is 0 Å². The first-order chi connectivity index (χ1) is 37.1. The lowest BCUT2D eigenvalue weighted by atomic mass is 9.61. The Labute approximate surface area is 488 Å². The van der Waals surface area contributed by atoms with Gasteiger partial charge in [0.1, 0.15) is 18.0 Å². The molecule has 9 fully saturated rings. The second kappa shape index (κ2) is 29.1. The van der Waals surface area contributed by atoms with Crippen molar-refractivity contribution >= 4 is 69.5 Å². The van der Waals surface area contributed by atoms with Gasteiger partial charge in [-0.25, -0.2) is 0 Å². The van der Waals surface area contributed by atoms with Gasteiger partial charge in [-0.2, -0.15) is 0 Å². The van der Waals surface area contributed by atoms with Gasteiger partial charge in [0.05, 0.1) is 12.1 Å². The van der Waals surface area contributed by atoms with Crippen LogP contribution in [0, 0.1) is 56.2 Å². The van der Waals surface area contributed by atoms with Gasteiger partial charge in [0.2, 0.25) is 34.7 Å². The fourth-order valence-electron chi connectivity index (χ4n) is 14.0. The average molecular weight is 1160 g/mol. The van der Waals surface area contributed by atoms with E-state index in [9.17, 15) is 58.2 Å². The summed E-state index contributed by atoms with van der Waals surface area (Å²) in [7, 11) is 0. The topological polar surface area (TPSA) is 313 Å². The molecule has 81 heavy (non-hydrogen) atoms. The summed E-state index contributed by atoms with van der Waals surface area (Å²) in [4.78, 5) is 120. The van der Waals surface area contributed by atoms with Crippen LogP contribution in [0.1, 0.15) is 254 Å². The molecule has 0 aromatic carbocycles. The number of ketones is 4. The summed E-state index contributed by atoms with van der Waals surface area (Å²) in [6, 6.07) is -1.09. The molecule has 9 rings (SSSR count). The molecule has 0 spiro atoms. The minimum absolute atomic E-state index is 0. The van der Waals surface area contributed by atoms with Gasteiger partial charge in [0.25, 0.3) is 5.91 Å². The number of amides is 5. The maximum absolute atomic E-state index is 13.1. The average Bonchev–Trinajstić information content (AvgIpc) is 4.43. The first-order valence-electron chi connectivity index (χ1n) is 30.3. The largest absolute Gasteiger partial charge is 0.383 e. The Morgan fingerprint density at radius 1 is 0.469 bits per heavy atom. The zero-order valence-electron chi connectivity index (χ0n) is 48.0. The van der Waals surface area contributed by atoms with Crippen LogP contribution in [0.4, 0.5) is 0 Å². The molecule has 0 aromatic heterocycles. The van der Waals surface area contributed by atoms with Gasteiger partial charge in [-0.3, -0.25) is 47.9 Å². The molecule has 5 atom stereocenters. The number of nitrogens with two attached hydrogens (primary N) is 3. The van der Waals surface area contributed by atoms with Gasteiger partial charge >= 0.3 is 0 Å². The smallest absolute Gasteiger partial charge is 0.285 e. The van der Waals surface area contributed by atoms with E-state index in [2.05, 4.69) is 31.4 Å². The van der Waals surface area contributed by atoms with Gasteiger partial charge in [0, 0.05) is 59.2 Å². The highest BCUT2D eigenvalue weighted by Gasteiger charge is 2.52. The van der Waals surface area contributed by atoms with Crippen LogP contribution < -0.4 is 27.8 Å². The van der Waals surface area contributed by atoms with Gasteiger partial charge in [-0.15, -0.1) is 0 Å². The van der Waals surface area contributed by atoms with Crippen molar-refractivity contribution in [3.63, 3.8) is 0 Å². The maximum Gasteiger partial charge on any atom is 0.285 e. The molecule has 0 heterocycles. The molecule has 9 aliphatic carbocycles. The lowest BCUT2D eigenvalue weighted by Crippen LogP contribution is -2.52. The van der Waals surface area contributed by atoms with Gasteiger partial charge in [0.15, 0.2) is 11.6 Å². The molecule has 9 aliphatic rings. The number of carbonyl (C=O) groups excluding carboxylic acids is 10. The molecule has 2 unspecified atom stereocenters. The molecule has 0 saturated heterocycles. The lowest BCUT2D eigenvalue weighted by molar-refractivity contribution is -0.148. The van der Waals surface area contributed by atoms with Crippen molar-refractivity contribution < 1.29 is 58.2 Å². The lowest BCUT2D eigenvalue weighted by Gasteiger charge is -2.44. The Kier molecular flexibility index (Phi) is 25.0. The van der Waals surface area contributed by atoms with Crippen LogP contribution in [-0.2, 0) is 47.9 Å². The van der Waals surface area contributed by atoms with E-state index in [1.54, 1.807) is 0 Å². The van der Waals surface area contributed by atoms with Crippen molar-refractivity contribution in [2.24, 2.45) is 73.4 Å². The molecule has 10 N–H and O–H groups in total.